The van der Waals surface area contributed by atoms with Gasteiger partial charge in [-0.3, -0.25) is 9.36 Å². The monoisotopic (exact) mass is 391 g/mol. The second-order valence-electron chi connectivity index (χ2n) is 7.12. The van der Waals surface area contributed by atoms with Gasteiger partial charge in [0.1, 0.15) is 5.82 Å². The van der Waals surface area contributed by atoms with Crippen LogP contribution in [0.25, 0.3) is 16.6 Å². The molecule has 1 aromatic heterocycles. The van der Waals surface area contributed by atoms with Gasteiger partial charge in [0.05, 0.1) is 29.4 Å². The Balaban J connectivity index is 2.02. The van der Waals surface area contributed by atoms with Crippen LogP contribution >= 0.6 is 0 Å². The van der Waals surface area contributed by atoms with Crippen molar-refractivity contribution < 1.29 is 4.74 Å². The molecule has 0 radical (unpaired) electrons. The Kier molecular flexibility index (Phi) is 7.17. The van der Waals surface area contributed by atoms with Gasteiger partial charge in [0, 0.05) is 12.8 Å². The van der Waals surface area contributed by atoms with Gasteiger partial charge in [-0.1, -0.05) is 38.8 Å². The van der Waals surface area contributed by atoms with Crippen molar-refractivity contribution in [3.05, 3.63) is 64.7 Å². The van der Waals surface area contributed by atoms with Gasteiger partial charge < -0.3 is 4.74 Å². The lowest BCUT2D eigenvalue weighted by atomic mass is 10.2. The number of methoxy groups -OCH3 is 1. The maximum absolute atomic E-state index is 13.2. The van der Waals surface area contributed by atoms with Crippen LogP contribution in [-0.2, 0) is 11.2 Å². The van der Waals surface area contributed by atoms with E-state index in [0.717, 1.165) is 67.1 Å². The summed E-state index contributed by atoms with van der Waals surface area (Å²) >= 11 is 0. The van der Waals surface area contributed by atoms with Gasteiger partial charge in [0.15, 0.2) is 5.90 Å². The summed E-state index contributed by atoms with van der Waals surface area (Å²) in [7, 11) is 1.66. The van der Waals surface area contributed by atoms with Crippen LogP contribution in [0.4, 0.5) is 5.69 Å². The van der Waals surface area contributed by atoms with Crippen molar-refractivity contribution in [2.45, 2.75) is 52.4 Å². The lowest BCUT2D eigenvalue weighted by molar-refractivity contribution is 0.388. The topological polar surface area (TPSA) is 56.5 Å². The number of para-hydroxylation sites is 1. The molecule has 0 atom stereocenters. The number of ether oxygens (including phenoxy) is 1. The molecule has 3 aromatic rings. The van der Waals surface area contributed by atoms with Crippen molar-refractivity contribution in [1.82, 2.24) is 9.55 Å². The van der Waals surface area contributed by atoms with Gasteiger partial charge in [-0.25, -0.2) is 9.98 Å². The number of unbranched alkanes of at least 4 members (excludes halogenated alkanes) is 2. The lowest BCUT2D eigenvalue weighted by Gasteiger charge is -2.14. The van der Waals surface area contributed by atoms with E-state index in [2.05, 4.69) is 18.8 Å². The largest absolute Gasteiger partial charge is 0.484 e. The molecule has 0 saturated heterocycles. The SMILES string of the molecule is CCCCC(=Nc1ccc(-n2c(CCCC)nc3ccccc3c2=O)cc1)OC. The number of aryl methyl sites for hydroxylation is 1. The van der Waals surface area contributed by atoms with Crippen molar-refractivity contribution >= 4 is 22.5 Å². The van der Waals surface area contributed by atoms with Crippen molar-refractivity contribution in [3.63, 3.8) is 0 Å². The molecular formula is C24H29N3O2. The summed E-state index contributed by atoms with van der Waals surface area (Å²) in [4.78, 5) is 22.6. The molecule has 0 saturated carbocycles. The quantitative estimate of drug-likeness (QED) is 0.371. The summed E-state index contributed by atoms with van der Waals surface area (Å²) in [5.41, 5.74) is 2.35. The normalized spacial score (nSPS) is 11.8. The first kappa shape index (κ1) is 20.8. The average Bonchev–Trinajstić information content (AvgIpc) is 2.76. The predicted octanol–water partition coefficient (Wildman–Crippen LogP) is 5.59. The van der Waals surface area contributed by atoms with Gasteiger partial charge in [-0.05, 0) is 49.2 Å². The zero-order valence-corrected chi connectivity index (χ0v) is 17.5. The molecule has 5 heteroatoms. The maximum Gasteiger partial charge on any atom is 0.265 e. The van der Waals surface area contributed by atoms with Crippen LogP contribution in [0.15, 0.2) is 58.3 Å². The van der Waals surface area contributed by atoms with Crippen LogP contribution in [0.3, 0.4) is 0 Å². The maximum atomic E-state index is 13.2. The Bertz CT molecular complexity index is 1040. The van der Waals surface area contributed by atoms with Gasteiger partial charge in [0.2, 0.25) is 0 Å². The molecule has 0 amide bonds. The van der Waals surface area contributed by atoms with E-state index < -0.39 is 0 Å². The van der Waals surface area contributed by atoms with E-state index in [9.17, 15) is 4.79 Å². The summed E-state index contributed by atoms with van der Waals surface area (Å²) in [6, 6.07) is 15.2. The molecule has 0 unspecified atom stereocenters. The van der Waals surface area contributed by atoms with Crippen molar-refractivity contribution in [1.29, 1.82) is 0 Å². The number of nitrogens with zero attached hydrogens (tertiary/aromatic N) is 3. The zero-order valence-electron chi connectivity index (χ0n) is 17.5. The molecule has 0 aliphatic rings. The third-order valence-electron chi connectivity index (χ3n) is 4.94. The molecule has 0 bridgehead atoms. The first-order chi connectivity index (χ1) is 14.2. The second-order valence-corrected chi connectivity index (χ2v) is 7.12. The first-order valence-electron chi connectivity index (χ1n) is 10.4. The molecule has 0 aliphatic heterocycles. The first-order valence-corrected chi connectivity index (χ1v) is 10.4. The highest BCUT2D eigenvalue weighted by molar-refractivity contribution is 5.79. The van der Waals surface area contributed by atoms with E-state index in [1.165, 1.54) is 0 Å². The summed E-state index contributed by atoms with van der Waals surface area (Å²) in [5.74, 6) is 1.53. The van der Waals surface area contributed by atoms with Gasteiger partial charge >= 0.3 is 0 Å². The Labute approximate surface area is 172 Å². The standard InChI is InChI=1S/C24H29N3O2/c1-4-6-12-22-26-21-11-9-8-10-20(21)24(28)27(22)19-16-14-18(15-17-19)25-23(29-3)13-7-5-2/h8-11,14-17H,4-7,12-13H2,1-3H3. The molecule has 5 nitrogen and oxygen atoms in total. The van der Waals surface area contributed by atoms with E-state index in [1.54, 1.807) is 11.7 Å². The van der Waals surface area contributed by atoms with Crippen LogP contribution in [-0.4, -0.2) is 22.6 Å². The Hall–Kier alpha value is -2.95. The molecule has 0 fully saturated rings. The predicted molar refractivity (Wildman–Crippen MR) is 120 cm³/mol. The van der Waals surface area contributed by atoms with Crippen LogP contribution in [0, 0.1) is 0 Å². The molecule has 3 rings (SSSR count). The van der Waals surface area contributed by atoms with Crippen molar-refractivity contribution in [2.24, 2.45) is 4.99 Å². The molecule has 0 aliphatic carbocycles. The van der Waals surface area contributed by atoms with E-state index in [0.29, 0.717) is 5.39 Å². The fourth-order valence-corrected chi connectivity index (χ4v) is 3.30. The number of hydrogen-bond donors (Lipinski definition) is 0. The average molecular weight is 392 g/mol. The zero-order chi connectivity index (χ0) is 20.6. The summed E-state index contributed by atoms with van der Waals surface area (Å²) in [6.45, 7) is 4.29. The summed E-state index contributed by atoms with van der Waals surface area (Å²) in [6.07, 6.45) is 5.77. The third-order valence-corrected chi connectivity index (χ3v) is 4.94. The minimum absolute atomic E-state index is 0.0292. The molecule has 2 aromatic carbocycles. The smallest absolute Gasteiger partial charge is 0.265 e. The highest BCUT2D eigenvalue weighted by atomic mass is 16.5. The number of benzene rings is 2. The van der Waals surface area contributed by atoms with Crippen LogP contribution < -0.4 is 5.56 Å². The molecule has 152 valence electrons. The van der Waals surface area contributed by atoms with Crippen molar-refractivity contribution in [3.8, 4) is 5.69 Å². The van der Waals surface area contributed by atoms with Gasteiger partial charge in [-0.15, -0.1) is 0 Å². The summed E-state index contributed by atoms with van der Waals surface area (Å²) < 4.78 is 7.12. The lowest BCUT2D eigenvalue weighted by Crippen LogP contribution is -2.24. The van der Waals surface area contributed by atoms with E-state index >= 15 is 0 Å². The Morgan fingerprint density at radius 2 is 1.76 bits per heavy atom. The molecule has 1 heterocycles. The minimum atomic E-state index is -0.0292. The summed E-state index contributed by atoms with van der Waals surface area (Å²) in [5, 5.41) is 0.635. The number of hydrogen-bond acceptors (Lipinski definition) is 4. The van der Waals surface area contributed by atoms with Crippen molar-refractivity contribution in [2.75, 3.05) is 7.11 Å². The highest BCUT2D eigenvalue weighted by Crippen LogP contribution is 2.19. The number of aliphatic imine (C=N–C) groups is 1. The third kappa shape index (κ3) is 4.91. The van der Waals surface area contributed by atoms with E-state index in [4.69, 9.17) is 9.72 Å². The van der Waals surface area contributed by atoms with Gasteiger partial charge in [-0.2, -0.15) is 0 Å². The highest BCUT2D eigenvalue weighted by Gasteiger charge is 2.12. The number of rotatable bonds is 8. The molecule has 0 N–H and O–H groups in total. The number of aromatic nitrogens is 2. The molecular weight excluding hydrogens is 362 g/mol. The van der Waals surface area contributed by atoms with E-state index in [-0.39, 0.29) is 5.56 Å². The number of fused-ring (bicyclic) bond motifs is 1. The fraction of sp³-hybridized carbons (Fsp3) is 0.375. The molecule has 0 spiro atoms. The van der Waals surface area contributed by atoms with Crippen LogP contribution in [0.1, 0.15) is 51.8 Å². The van der Waals surface area contributed by atoms with Gasteiger partial charge in [0.25, 0.3) is 5.56 Å². The fourth-order valence-electron chi connectivity index (χ4n) is 3.30. The molecule has 29 heavy (non-hydrogen) atoms. The Morgan fingerprint density at radius 3 is 2.45 bits per heavy atom. The van der Waals surface area contributed by atoms with E-state index in [1.807, 2.05) is 48.5 Å². The van der Waals surface area contributed by atoms with Crippen LogP contribution in [0.2, 0.25) is 0 Å². The minimum Gasteiger partial charge on any atom is -0.484 e. The second kappa shape index (κ2) is 10.0. The Morgan fingerprint density at radius 1 is 1.03 bits per heavy atom. The van der Waals surface area contributed by atoms with Crippen LogP contribution in [0.5, 0.6) is 0 Å².